The Hall–Kier alpha value is -2.40. The van der Waals surface area contributed by atoms with Crippen molar-refractivity contribution >= 4 is 23.4 Å². The van der Waals surface area contributed by atoms with Gasteiger partial charge in [-0.3, -0.25) is 9.59 Å². The maximum atomic E-state index is 12.8. The number of carbonyl (C=O) groups is 2. The molecule has 0 aliphatic rings. The topological polar surface area (TPSA) is 72.2 Å². The molecule has 2 aromatic carbocycles. The van der Waals surface area contributed by atoms with Gasteiger partial charge in [-0.05, 0) is 35.4 Å². The third-order valence-electron chi connectivity index (χ3n) is 3.31. The zero-order chi connectivity index (χ0) is 16.8. The van der Waals surface area contributed by atoms with Crippen molar-refractivity contribution in [3.05, 3.63) is 70.5 Å². The highest BCUT2D eigenvalue weighted by Gasteiger charge is 2.18. The Labute approximate surface area is 138 Å². The van der Waals surface area contributed by atoms with E-state index in [9.17, 15) is 14.0 Å². The Morgan fingerprint density at radius 2 is 1.61 bits per heavy atom. The molecule has 0 heterocycles. The lowest BCUT2D eigenvalue weighted by Crippen LogP contribution is -2.46. The van der Waals surface area contributed by atoms with Crippen LogP contribution in [0.4, 0.5) is 4.39 Å². The fourth-order valence-corrected chi connectivity index (χ4v) is 2.24. The summed E-state index contributed by atoms with van der Waals surface area (Å²) in [7, 11) is 0. The molecule has 0 saturated carbocycles. The fourth-order valence-electron chi connectivity index (χ4n) is 2.11. The third kappa shape index (κ3) is 5.38. The number of benzene rings is 2. The lowest BCUT2D eigenvalue weighted by atomic mass is 10.0. The second-order valence-corrected chi connectivity index (χ2v) is 5.59. The number of nitrogens with one attached hydrogen (secondary N) is 1. The minimum Gasteiger partial charge on any atom is -0.368 e. The number of nitrogens with two attached hydrogens (primary N) is 1. The van der Waals surface area contributed by atoms with Gasteiger partial charge in [0, 0.05) is 11.4 Å². The van der Waals surface area contributed by atoms with Crippen molar-refractivity contribution in [2.45, 2.75) is 18.9 Å². The van der Waals surface area contributed by atoms with Crippen molar-refractivity contribution < 1.29 is 14.0 Å². The first kappa shape index (κ1) is 17.0. The molecule has 0 unspecified atom stereocenters. The molecule has 0 radical (unpaired) electrons. The van der Waals surface area contributed by atoms with Crippen LogP contribution in [0.3, 0.4) is 0 Å². The van der Waals surface area contributed by atoms with E-state index < -0.39 is 11.9 Å². The number of amides is 2. The standard InChI is InChI=1S/C17H16ClFN2O2/c18-13-5-1-11(2-6-13)9-15(17(20)23)21-16(22)10-12-3-7-14(19)8-4-12/h1-8,15H,9-10H2,(H2,20,23)(H,21,22)/t15-/m0/s1. The molecule has 0 fully saturated rings. The van der Waals surface area contributed by atoms with Crippen LogP contribution >= 0.6 is 11.6 Å². The van der Waals surface area contributed by atoms with E-state index in [1.54, 1.807) is 24.3 Å². The predicted octanol–water partition coefficient (Wildman–Crippen LogP) is 2.23. The highest BCUT2D eigenvalue weighted by atomic mass is 35.5. The predicted molar refractivity (Wildman–Crippen MR) is 86.4 cm³/mol. The van der Waals surface area contributed by atoms with Crippen LogP contribution in [0.25, 0.3) is 0 Å². The van der Waals surface area contributed by atoms with Crippen molar-refractivity contribution in [2.24, 2.45) is 5.73 Å². The van der Waals surface area contributed by atoms with Gasteiger partial charge < -0.3 is 11.1 Å². The number of halogens is 2. The normalized spacial score (nSPS) is 11.7. The van der Waals surface area contributed by atoms with Gasteiger partial charge in [-0.15, -0.1) is 0 Å². The van der Waals surface area contributed by atoms with Crippen LogP contribution in [0.15, 0.2) is 48.5 Å². The molecule has 2 rings (SSSR count). The molecule has 4 nitrogen and oxygen atoms in total. The summed E-state index contributed by atoms with van der Waals surface area (Å²) in [5.41, 5.74) is 6.83. The Kier molecular flexibility index (Phi) is 5.71. The quantitative estimate of drug-likeness (QED) is 0.850. The average molecular weight is 335 g/mol. The summed E-state index contributed by atoms with van der Waals surface area (Å²) in [6, 6.07) is 11.7. The lowest BCUT2D eigenvalue weighted by molar-refractivity contribution is -0.127. The van der Waals surface area contributed by atoms with Gasteiger partial charge in [0.15, 0.2) is 0 Å². The minimum atomic E-state index is -0.816. The molecule has 6 heteroatoms. The second kappa shape index (κ2) is 7.74. The van der Waals surface area contributed by atoms with Crippen molar-refractivity contribution in [1.29, 1.82) is 0 Å². The van der Waals surface area contributed by atoms with E-state index in [1.807, 2.05) is 0 Å². The van der Waals surface area contributed by atoms with Crippen LogP contribution in [0.1, 0.15) is 11.1 Å². The number of rotatable bonds is 6. The monoisotopic (exact) mass is 334 g/mol. The largest absolute Gasteiger partial charge is 0.368 e. The molecular formula is C17H16ClFN2O2. The maximum Gasteiger partial charge on any atom is 0.240 e. The number of hydrogen-bond donors (Lipinski definition) is 2. The van der Waals surface area contributed by atoms with E-state index in [-0.39, 0.29) is 24.6 Å². The summed E-state index contributed by atoms with van der Waals surface area (Å²) in [5.74, 6) is -1.34. The second-order valence-electron chi connectivity index (χ2n) is 5.16. The average Bonchev–Trinajstić information content (AvgIpc) is 2.51. The SMILES string of the molecule is NC(=O)[C@H](Cc1ccc(Cl)cc1)NC(=O)Cc1ccc(F)cc1. The van der Waals surface area contributed by atoms with Crippen molar-refractivity contribution in [2.75, 3.05) is 0 Å². The fraction of sp³-hybridized carbons (Fsp3) is 0.176. The molecule has 0 bridgehead atoms. The Balaban J connectivity index is 1.98. The molecular weight excluding hydrogens is 319 g/mol. The van der Waals surface area contributed by atoms with Crippen LogP contribution < -0.4 is 11.1 Å². The molecule has 120 valence electrons. The summed E-state index contributed by atoms with van der Waals surface area (Å²) in [4.78, 5) is 23.6. The van der Waals surface area contributed by atoms with Gasteiger partial charge in [0.05, 0.1) is 6.42 Å². The number of carbonyl (C=O) groups excluding carboxylic acids is 2. The minimum absolute atomic E-state index is 0.0463. The molecule has 2 amide bonds. The highest BCUT2D eigenvalue weighted by molar-refractivity contribution is 6.30. The van der Waals surface area contributed by atoms with Gasteiger partial charge in [-0.25, -0.2) is 4.39 Å². The maximum absolute atomic E-state index is 12.8. The number of primary amides is 1. The Bertz CT molecular complexity index is 687. The Morgan fingerprint density at radius 1 is 1.04 bits per heavy atom. The van der Waals surface area contributed by atoms with Gasteiger partial charge in [0.2, 0.25) is 11.8 Å². The molecule has 23 heavy (non-hydrogen) atoms. The first-order valence-corrected chi connectivity index (χ1v) is 7.39. The van der Waals surface area contributed by atoms with Gasteiger partial charge in [-0.2, -0.15) is 0 Å². The van der Waals surface area contributed by atoms with Gasteiger partial charge >= 0.3 is 0 Å². The van der Waals surface area contributed by atoms with Crippen molar-refractivity contribution in [3.63, 3.8) is 0 Å². The molecule has 0 aliphatic carbocycles. The molecule has 2 aromatic rings. The van der Waals surface area contributed by atoms with Crippen LogP contribution in [-0.2, 0) is 22.4 Å². The highest BCUT2D eigenvalue weighted by Crippen LogP contribution is 2.11. The molecule has 1 atom stereocenters. The smallest absolute Gasteiger partial charge is 0.240 e. The molecule has 0 saturated heterocycles. The zero-order valence-electron chi connectivity index (χ0n) is 12.3. The number of hydrogen-bond acceptors (Lipinski definition) is 2. The van der Waals surface area contributed by atoms with Crippen LogP contribution in [0.5, 0.6) is 0 Å². The van der Waals surface area contributed by atoms with E-state index in [2.05, 4.69) is 5.32 Å². The van der Waals surface area contributed by atoms with E-state index in [4.69, 9.17) is 17.3 Å². The summed E-state index contributed by atoms with van der Waals surface area (Å²) < 4.78 is 12.8. The van der Waals surface area contributed by atoms with Crippen LogP contribution in [0.2, 0.25) is 5.02 Å². The van der Waals surface area contributed by atoms with Crippen molar-refractivity contribution in [1.82, 2.24) is 5.32 Å². The summed E-state index contributed by atoms with van der Waals surface area (Å²) >= 11 is 5.81. The summed E-state index contributed by atoms with van der Waals surface area (Å²) in [5, 5.41) is 3.19. The third-order valence-corrected chi connectivity index (χ3v) is 3.56. The van der Waals surface area contributed by atoms with Crippen LogP contribution in [-0.4, -0.2) is 17.9 Å². The molecule has 0 aromatic heterocycles. The van der Waals surface area contributed by atoms with E-state index >= 15 is 0 Å². The van der Waals surface area contributed by atoms with Gasteiger partial charge in [0.25, 0.3) is 0 Å². The zero-order valence-corrected chi connectivity index (χ0v) is 13.0. The molecule has 0 aliphatic heterocycles. The Morgan fingerprint density at radius 3 is 2.17 bits per heavy atom. The van der Waals surface area contributed by atoms with Crippen molar-refractivity contribution in [3.8, 4) is 0 Å². The first-order chi connectivity index (χ1) is 10.9. The summed E-state index contributed by atoms with van der Waals surface area (Å²) in [6.07, 6.45) is 0.326. The van der Waals surface area contributed by atoms with Crippen LogP contribution in [0, 0.1) is 5.82 Å². The van der Waals surface area contributed by atoms with E-state index in [0.717, 1.165) is 5.56 Å². The molecule has 3 N–H and O–H groups in total. The molecule has 0 spiro atoms. The lowest BCUT2D eigenvalue weighted by Gasteiger charge is -2.15. The van der Waals surface area contributed by atoms with E-state index in [0.29, 0.717) is 10.6 Å². The van der Waals surface area contributed by atoms with Gasteiger partial charge in [-0.1, -0.05) is 35.9 Å². The summed E-state index contributed by atoms with van der Waals surface area (Å²) in [6.45, 7) is 0. The van der Waals surface area contributed by atoms with E-state index in [1.165, 1.54) is 24.3 Å². The van der Waals surface area contributed by atoms with Gasteiger partial charge in [0.1, 0.15) is 11.9 Å². The first-order valence-electron chi connectivity index (χ1n) is 7.01.